The first kappa shape index (κ1) is 15.3. The predicted octanol–water partition coefficient (Wildman–Crippen LogP) is 1.07. The quantitative estimate of drug-likeness (QED) is 0.899. The maximum absolute atomic E-state index is 12.5. The number of carbonyl (C=O) groups is 2. The zero-order chi connectivity index (χ0) is 15.4. The van der Waals surface area contributed by atoms with E-state index in [9.17, 15) is 9.59 Å². The summed E-state index contributed by atoms with van der Waals surface area (Å²) < 4.78 is 5.38. The van der Waals surface area contributed by atoms with E-state index < -0.39 is 12.1 Å². The zero-order valence-corrected chi connectivity index (χ0v) is 12.3. The van der Waals surface area contributed by atoms with Gasteiger partial charge in [-0.15, -0.1) is 0 Å². The van der Waals surface area contributed by atoms with Gasteiger partial charge in [0.2, 0.25) is 0 Å². The number of carboxylic acids is 1. The summed E-state index contributed by atoms with van der Waals surface area (Å²) in [5.41, 5.74) is 1.56. The number of benzene rings is 1. The average Bonchev–Trinajstić information content (AvgIpc) is 2.46. The van der Waals surface area contributed by atoms with Crippen molar-refractivity contribution in [1.29, 1.82) is 0 Å². The molecule has 1 saturated heterocycles. The zero-order valence-electron chi connectivity index (χ0n) is 12.3. The van der Waals surface area contributed by atoms with Crippen molar-refractivity contribution in [2.45, 2.75) is 12.5 Å². The highest BCUT2D eigenvalue weighted by molar-refractivity contribution is 5.95. The van der Waals surface area contributed by atoms with E-state index >= 15 is 0 Å². The Bertz CT molecular complexity index is 530. The maximum atomic E-state index is 12.5. The molecule has 1 aromatic carbocycles. The van der Waals surface area contributed by atoms with Gasteiger partial charge in [-0.3, -0.25) is 9.59 Å². The fraction of sp³-hybridized carbons (Fsp3) is 0.467. The average molecular weight is 292 g/mol. The fourth-order valence-corrected chi connectivity index (χ4v) is 2.32. The summed E-state index contributed by atoms with van der Waals surface area (Å²) >= 11 is 0. The molecule has 0 radical (unpaired) electrons. The molecule has 1 aliphatic heterocycles. The molecule has 1 heterocycles. The minimum atomic E-state index is -0.913. The third-order valence-corrected chi connectivity index (χ3v) is 3.44. The second kappa shape index (κ2) is 6.58. The first-order chi connectivity index (χ1) is 9.97. The van der Waals surface area contributed by atoms with Gasteiger partial charge >= 0.3 is 5.97 Å². The number of ether oxygens (including phenoxy) is 1. The predicted molar refractivity (Wildman–Crippen MR) is 78.7 cm³/mol. The van der Waals surface area contributed by atoms with Crippen LogP contribution in [-0.2, 0) is 9.53 Å². The minimum Gasteiger partial charge on any atom is -0.481 e. The number of rotatable bonds is 4. The van der Waals surface area contributed by atoms with Crippen molar-refractivity contribution in [2.24, 2.45) is 0 Å². The van der Waals surface area contributed by atoms with Gasteiger partial charge in [0.25, 0.3) is 5.91 Å². The molecule has 0 aromatic heterocycles. The summed E-state index contributed by atoms with van der Waals surface area (Å²) in [6.07, 6.45) is -0.515. The number of hydrogen-bond acceptors (Lipinski definition) is 4. The number of carboxylic acid groups (broad SMARTS) is 1. The number of aliphatic carboxylic acids is 1. The third-order valence-electron chi connectivity index (χ3n) is 3.44. The minimum absolute atomic E-state index is 0.0818. The van der Waals surface area contributed by atoms with Crippen molar-refractivity contribution in [2.75, 3.05) is 38.7 Å². The molecular formula is C15H20N2O4. The van der Waals surface area contributed by atoms with Gasteiger partial charge < -0.3 is 19.6 Å². The highest BCUT2D eigenvalue weighted by Crippen LogP contribution is 2.17. The lowest BCUT2D eigenvalue weighted by Crippen LogP contribution is -2.46. The Morgan fingerprint density at radius 2 is 2.19 bits per heavy atom. The van der Waals surface area contributed by atoms with Crippen LogP contribution in [0.3, 0.4) is 0 Å². The summed E-state index contributed by atoms with van der Waals surface area (Å²) in [7, 11) is 3.84. The Labute approximate surface area is 123 Å². The molecule has 2 rings (SSSR count). The van der Waals surface area contributed by atoms with Gasteiger partial charge in [-0.25, -0.2) is 0 Å². The van der Waals surface area contributed by atoms with Gasteiger partial charge in [0.15, 0.2) is 0 Å². The first-order valence-corrected chi connectivity index (χ1v) is 6.87. The Morgan fingerprint density at radius 1 is 1.43 bits per heavy atom. The highest BCUT2D eigenvalue weighted by Gasteiger charge is 2.26. The van der Waals surface area contributed by atoms with Crippen LogP contribution in [-0.4, -0.2) is 61.8 Å². The number of hydrogen-bond donors (Lipinski definition) is 1. The van der Waals surface area contributed by atoms with E-state index in [0.717, 1.165) is 5.69 Å². The lowest BCUT2D eigenvalue weighted by Gasteiger charge is -2.32. The summed E-state index contributed by atoms with van der Waals surface area (Å²) in [5.74, 6) is -0.999. The van der Waals surface area contributed by atoms with Gasteiger partial charge in [0.05, 0.1) is 19.1 Å². The molecule has 6 heteroatoms. The summed E-state index contributed by atoms with van der Waals surface area (Å²) in [4.78, 5) is 26.8. The highest BCUT2D eigenvalue weighted by atomic mass is 16.5. The van der Waals surface area contributed by atoms with Crippen molar-refractivity contribution in [3.05, 3.63) is 29.8 Å². The van der Waals surface area contributed by atoms with Crippen LogP contribution in [0.2, 0.25) is 0 Å². The van der Waals surface area contributed by atoms with Gasteiger partial charge in [-0.2, -0.15) is 0 Å². The molecule has 0 saturated carbocycles. The Kier molecular flexibility index (Phi) is 4.80. The number of anilines is 1. The lowest BCUT2D eigenvalue weighted by atomic mass is 10.1. The summed E-state index contributed by atoms with van der Waals surface area (Å²) in [6, 6.07) is 7.39. The second-order valence-electron chi connectivity index (χ2n) is 5.29. The van der Waals surface area contributed by atoms with Crippen molar-refractivity contribution < 1.29 is 19.4 Å². The van der Waals surface area contributed by atoms with Crippen LogP contribution < -0.4 is 4.90 Å². The van der Waals surface area contributed by atoms with E-state index in [4.69, 9.17) is 9.84 Å². The van der Waals surface area contributed by atoms with Gasteiger partial charge in [-0.05, 0) is 18.2 Å². The number of amides is 1. The van der Waals surface area contributed by atoms with Crippen LogP contribution in [0.25, 0.3) is 0 Å². The Balaban J connectivity index is 2.08. The van der Waals surface area contributed by atoms with E-state index in [1.165, 1.54) is 0 Å². The second-order valence-corrected chi connectivity index (χ2v) is 5.29. The van der Waals surface area contributed by atoms with Crippen LogP contribution in [0.15, 0.2) is 24.3 Å². The SMILES string of the molecule is CN(C)c1cccc(C(=O)N2CCOC(CC(=O)O)C2)c1. The normalized spacial score (nSPS) is 18.4. The fourth-order valence-electron chi connectivity index (χ4n) is 2.32. The van der Waals surface area contributed by atoms with Crippen LogP contribution in [0, 0.1) is 0 Å². The van der Waals surface area contributed by atoms with Crippen molar-refractivity contribution in [1.82, 2.24) is 4.90 Å². The first-order valence-electron chi connectivity index (χ1n) is 6.87. The molecule has 0 spiro atoms. The molecule has 6 nitrogen and oxygen atoms in total. The van der Waals surface area contributed by atoms with Crippen molar-refractivity contribution in [3.63, 3.8) is 0 Å². The smallest absolute Gasteiger partial charge is 0.306 e. The molecule has 1 atom stereocenters. The van der Waals surface area contributed by atoms with Crippen LogP contribution in [0.5, 0.6) is 0 Å². The Morgan fingerprint density at radius 3 is 2.86 bits per heavy atom. The largest absolute Gasteiger partial charge is 0.481 e. The maximum Gasteiger partial charge on any atom is 0.306 e. The van der Waals surface area contributed by atoms with E-state index in [1.807, 2.05) is 37.2 Å². The van der Waals surface area contributed by atoms with Crippen LogP contribution >= 0.6 is 0 Å². The van der Waals surface area contributed by atoms with Gasteiger partial charge in [-0.1, -0.05) is 6.07 Å². The van der Waals surface area contributed by atoms with E-state index in [2.05, 4.69) is 0 Å². The standard InChI is InChI=1S/C15H20N2O4/c1-16(2)12-5-3-4-11(8-12)15(20)17-6-7-21-13(10-17)9-14(18)19/h3-5,8,13H,6-7,9-10H2,1-2H3,(H,18,19). The third kappa shape index (κ3) is 3.95. The monoisotopic (exact) mass is 292 g/mol. The van der Waals surface area contributed by atoms with Crippen molar-refractivity contribution >= 4 is 17.6 Å². The molecule has 21 heavy (non-hydrogen) atoms. The molecule has 114 valence electrons. The van der Waals surface area contributed by atoms with Crippen LogP contribution in [0.1, 0.15) is 16.8 Å². The molecule has 0 bridgehead atoms. The van der Waals surface area contributed by atoms with Gasteiger partial charge in [0.1, 0.15) is 0 Å². The topological polar surface area (TPSA) is 70.1 Å². The molecular weight excluding hydrogens is 272 g/mol. The molecule has 0 aliphatic carbocycles. The number of morpholine rings is 1. The van der Waals surface area contributed by atoms with Crippen molar-refractivity contribution in [3.8, 4) is 0 Å². The summed E-state index contributed by atoms with van der Waals surface area (Å²) in [5, 5.41) is 8.82. The van der Waals surface area contributed by atoms with E-state index in [-0.39, 0.29) is 12.3 Å². The number of carbonyl (C=O) groups excluding carboxylic acids is 1. The molecule has 1 aromatic rings. The van der Waals surface area contributed by atoms with E-state index in [0.29, 0.717) is 25.3 Å². The molecule has 1 unspecified atom stereocenters. The number of nitrogens with zero attached hydrogens (tertiary/aromatic N) is 2. The molecule has 1 N–H and O–H groups in total. The Hall–Kier alpha value is -2.08. The van der Waals surface area contributed by atoms with Crippen LogP contribution in [0.4, 0.5) is 5.69 Å². The molecule has 1 aliphatic rings. The molecule has 1 fully saturated rings. The lowest BCUT2D eigenvalue weighted by molar-refractivity contribution is -0.141. The summed E-state index contributed by atoms with van der Waals surface area (Å²) in [6.45, 7) is 1.18. The molecule has 1 amide bonds. The van der Waals surface area contributed by atoms with E-state index in [1.54, 1.807) is 11.0 Å². The van der Waals surface area contributed by atoms with Gasteiger partial charge in [0, 0.05) is 38.4 Å².